The highest BCUT2D eigenvalue weighted by atomic mass is 35.5. The lowest BCUT2D eigenvalue weighted by Crippen LogP contribution is -3.12. The predicted octanol–water partition coefficient (Wildman–Crippen LogP) is 1.71. The fraction of sp³-hybridized carbons (Fsp3) is 1.00. The first kappa shape index (κ1) is 47.8. The molecule has 0 heterocycles. The molecule has 0 spiro atoms. The van der Waals surface area contributed by atoms with Crippen LogP contribution in [0.4, 0.5) is 0 Å². The molecule has 2 N–H and O–H groups in total. The molecule has 43 heavy (non-hydrogen) atoms. The van der Waals surface area contributed by atoms with Gasteiger partial charge in [-0.3, -0.25) is 0 Å². The van der Waals surface area contributed by atoms with E-state index in [9.17, 15) is 0 Å². The van der Waals surface area contributed by atoms with Crippen LogP contribution in [0.2, 0.25) is 0 Å². The molecule has 0 fully saturated rings. The van der Waals surface area contributed by atoms with Gasteiger partial charge in [-0.25, -0.2) is 0 Å². The third-order valence-corrected chi connectivity index (χ3v) is 8.65. The second-order valence-corrected chi connectivity index (χ2v) is 14.1. The minimum Gasteiger partial charge on any atom is -1.00 e. The standard InChI is InChI=1S/C37H78N2O2.2ClH/c1-7-9-11-13-14-15-16-17-18-20-25-29-33-41-36-37(34-38(3)4,35-39(5)6)30-26-22-19-21-24-28-32-40-31-27-23-12-10-8-2;;/h7-36H2,1-6H3;2*1H. The molecular weight excluding hydrogens is 575 g/mol. The Labute approximate surface area is 284 Å². The van der Waals surface area contributed by atoms with Crippen LogP contribution in [-0.2, 0) is 9.47 Å². The second kappa shape index (κ2) is 36.9. The van der Waals surface area contributed by atoms with E-state index in [1.807, 2.05) is 0 Å². The van der Waals surface area contributed by atoms with Crippen LogP contribution in [0, 0.1) is 5.41 Å². The highest BCUT2D eigenvalue weighted by molar-refractivity contribution is 4.78. The average Bonchev–Trinajstić information content (AvgIpc) is 2.92. The van der Waals surface area contributed by atoms with E-state index in [0.717, 1.165) is 26.4 Å². The predicted molar refractivity (Wildman–Crippen MR) is 182 cm³/mol. The first-order chi connectivity index (χ1) is 20.0. The Bertz CT molecular complexity index is 465. The van der Waals surface area contributed by atoms with Gasteiger partial charge >= 0.3 is 0 Å². The van der Waals surface area contributed by atoms with Crippen LogP contribution >= 0.6 is 0 Å². The van der Waals surface area contributed by atoms with Crippen LogP contribution in [0.25, 0.3) is 0 Å². The molecule has 0 aromatic carbocycles. The van der Waals surface area contributed by atoms with Crippen molar-refractivity contribution >= 4 is 0 Å². The van der Waals surface area contributed by atoms with Gasteiger partial charge in [0.15, 0.2) is 0 Å². The molecule has 0 bridgehead atoms. The summed E-state index contributed by atoms with van der Waals surface area (Å²) < 4.78 is 12.3. The lowest BCUT2D eigenvalue weighted by atomic mass is 9.82. The number of hydrogen-bond donors (Lipinski definition) is 2. The summed E-state index contributed by atoms with van der Waals surface area (Å²) in [6, 6.07) is 0. The topological polar surface area (TPSA) is 27.3 Å². The summed E-state index contributed by atoms with van der Waals surface area (Å²) in [6.45, 7) is 10.8. The van der Waals surface area contributed by atoms with E-state index in [4.69, 9.17) is 9.47 Å². The van der Waals surface area contributed by atoms with Crippen molar-refractivity contribution in [3.05, 3.63) is 0 Å². The number of unbranched alkanes of at least 4 members (excludes halogenated alkanes) is 20. The second-order valence-electron chi connectivity index (χ2n) is 14.1. The van der Waals surface area contributed by atoms with E-state index in [2.05, 4.69) is 42.0 Å². The molecule has 4 nitrogen and oxygen atoms in total. The number of quaternary nitrogens is 2. The molecule has 0 aliphatic rings. The molecule has 0 radical (unpaired) electrons. The van der Waals surface area contributed by atoms with Crippen molar-refractivity contribution in [2.75, 3.05) is 67.7 Å². The van der Waals surface area contributed by atoms with Crippen molar-refractivity contribution < 1.29 is 44.1 Å². The van der Waals surface area contributed by atoms with Crippen LogP contribution in [0.3, 0.4) is 0 Å². The first-order valence-electron chi connectivity index (χ1n) is 18.7. The molecule has 0 unspecified atom stereocenters. The van der Waals surface area contributed by atoms with E-state index >= 15 is 0 Å². The highest BCUT2D eigenvalue weighted by Gasteiger charge is 2.36. The van der Waals surface area contributed by atoms with Crippen LogP contribution in [0.15, 0.2) is 0 Å². The maximum Gasteiger partial charge on any atom is 0.0914 e. The molecular formula is C37H80Cl2N2O2. The maximum atomic E-state index is 6.42. The van der Waals surface area contributed by atoms with Crippen molar-refractivity contribution in [3.63, 3.8) is 0 Å². The molecule has 0 saturated heterocycles. The third kappa shape index (κ3) is 35.1. The third-order valence-electron chi connectivity index (χ3n) is 8.65. The minimum atomic E-state index is 0. The smallest absolute Gasteiger partial charge is 0.0914 e. The number of ether oxygens (including phenoxy) is 2. The van der Waals surface area contributed by atoms with Gasteiger partial charge in [0.05, 0.1) is 53.3 Å². The van der Waals surface area contributed by atoms with Crippen molar-refractivity contribution in [1.82, 2.24) is 0 Å². The van der Waals surface area contributed by atoms with E-state index in [-0.39, 0.29) is 24.8 Å². The summed E-state index contributed by atoms with van der Waals surface area (Å²) in [5.41, 5.74) is 0.305. The molecule has 0 aromatic heterocycles. The lowest BCUT2D eigenvalue weighted by molar-refractivity contribution is -0.893. The van der Waals surface area contributed by atoms with Gasteiger partial charge < -0.3 is 44.1 Å². The summed E-state index contributed by atoms with van der Waals surface area (Å²) >= 11 is 0. The van der Waals surface area contributed by atoms with Crippen LogP contribution < -0.4 is 34.6 Å². The maximum absolute atomic E-state index is 6.42. The summed E-state index contributed by atoms with van der Waals surface area (Å²) in [6.07, 6.45) is 32.8. The highest BCUT2D eigenvalue weighted by Crippen LogP contribution is 2.24. The van der Waals surface area contributed by atoms with Gasteiger partial charge in [0.1, 0.15) is 0 Å². The lowest BCUT2D eigenvalue weighted by Gasteiger charge is -2.34. The van der Waals surface area contributed by atoms with Crippen molar-refractivity contribution in [2.45, 2.75) is 168 Å². The Kier molecular flexibility index (Phi) is 41.0. The van der Waals surface area contributed by atoms with Crippen molar-refractivity contribution in [2.24, 2.45) is 5.41 Å². The van der Waals surface area contributed by atoms with Gasteiger partial charge in [-0.1, -0.05) is 142 Å². The molecule has 6 heteroatoms. The molecule has 0 aliphatic heterocycles. The zero-order chi connectivity index (χ0) is 30.3. The van der Waals surface area contributed by atoms with Gasteiger partial charge in [-0.15, -0.1) is 0 Å². The number of rotatable bonds is 34. The molecule has 0 amide bonds. The normalized spacial score (nSPS) is 11.7. The van der Waals surface area contributed by atoms with Gasteiger partial charge in [0, 0.05) is 19.8 Å². The Balaban J connectivity index is -0.00000800. The van der Waals surface area contributed by atoms with E-state index in [1.165, 1.54) is 167 Å². The monoisotopic (exact) mass is 655 g/mol. The van der Waals surface area contributed by atoms with Crippen LogP contribution in [-0.4, -0.2) is 67.7 Å². The Morgan fingerprint density at radius 3 is 1.05 bits per heavy atom. The Hall–Kier alpha value is 0.420. The van der Waals surface area contributed by atoms with Gasteiger partial charge in [0.25, 0.3) is 0 Å². The summed E-state index contributed by atoms with van der Waals surface area (Å²) in [4.78, 5) is 3.12. The van der Waals surface area contributed by atoms with E-state index < -0.39 is 0 Å². The van der Waals surface area contributed by atoms with Crippen molar-refractivity contribution in [1.29, 1.82) is 0 Å². The largest absolute Gasteiger partial charge is 1.00 e. The van der Waals surface area contributed by atoms with E-state index in [1.54, 1.807) is 9.80 Å². The first-order valence-corrected chi connectivity index (χ1v) is 18.7. The number of halogens is 2. The SMILES string of the molecule is CCCCCCCCCCCCCCOCC(CCCCCCCCOCCCCCCC)(C[NH+](C)C)C[NH+](C)C.[Cl-].[Cl-]. The molecule has 0 atom stereocenters. The fourth-order valence-corrected chi connectivity index (χ4v) is 6.57. The Morgan fingerprint density at radius 1 is 0.395 bits per heavy atom. The molecule has 0 aliphatic carbocycles. The quantitative estimate of drug-likeness (QED) is 0.103. The molecule has 264 valence electrons. The van der Waals surface area contributed by atoms with E-state index in [0.29, 0.717) is 5.41 Å². The Morgan fingerprint density at radius 2 is 0.698 bits per heavy atom. The molecule has 0 rings (SSSR count). The van der Waals surface area contributed by atoms with Gasteiger partial charge in [-0.05, 0) is 25.7 Å². The zero-order valence-electron chi connectivity index (χ0n) is 30.3. The van der Waals surface area contributed by atoms with Crippen molar-refractivity contribution in [3.8, 4) is 0 Å². The average molecular weight is 656 g/mol. The minimum absolute atomic E-state index is 0. The number of hydrogen-bond acceptors (Lipinski definition) is 2. The van der Waals surface area contributed by atoms with Crippen LogP contribution in [0.5, 0.6) is 0 Å². The van der Waals surface area contributed by atoms with Gasteiger partial charge in [0.2, 0.25) is 0 Å². The summed E-state index contributed by atoms with van der Waals surface area (Å²) in [5.74, 6) is 0. The zero-order valence-corrected chi connectivity index (χ0v) is 31.8. The fourth-order valence-electron chi connectivity index (χ4n) is 6.57. The molecule has 0 saturated carbocycles. The van der Waals surface area contributed by atoms with Gasteiger partial charge in [-0.2, -0.15) is 0 Å². The number of nitrogens with one attached hydrogen (secondary N) is 2. The van der Waals surface area contributed by atoms with Crippen LogP contribution in [0.1, 0.15) is 168 Å². The molecule has 0 aromatic rings. The summed E-state index contributed by atoms with van der Waals surface area (Å²) in [5, 5.41) is 0. The summed E-state index contributed by atoms with van der Waals surface area (Å²) in [7, 11) is 9.27.